The molecule has 0 atom stereocenters. The first-order valence-corrected chi connectivity index (χ1v) is 9.78. The molecule has 10 heteroatoms. The second kappa shape index (κ2) is 9.37. The minimum atomic E-state index is -4.64. The fraction of sp³-hybridized carbons (Fsp3) is 0.211. The molecule has 0 fully saturated rings. The van der Waals surface area contributed by atoms with Crippen LogP contribution in [0.25, 0.3) is 0 Å². The highest BCUT2D eigenvalue weighted by atomic mass is 32.2. The van der Waals surface area contributed by atoms with Gasteiger partial charge in [0.2, 0.25) is 9.84 Å². The lowest BCUT2D eigenvalue weighted by Gasteiger charge is -2.12. The summed E-state index contributed by atoms with van der Waals surface area (Å²) in [5.41, 5.74) is 0.360. The van der Waals surface area contributed by atoms with E-state index in [1.807, 2.05) is 0 Å². The maximum absolute atomic E-state index is 14.1. The van der Waals surface area contributed by atoms with Gasteiger partial charge in [0.25, 0.3) is 0 Å². The average Bonchev–Trinajstić information content (AvgIpc) is 2.67. The van der Waals surface area contributed by atoms with Crippen molar-refractivity contribution in [3.63, 3.8) is 0 Å². The van der Waals surface area contributed by atoms with E-state index in [0.717, 1.165) is 18.3 Å². The molecule has 0 bridgehead atoms. The second-order valence-electron chi connectivity index (χ2n) is 5.52. The third-order valence-electron chi connectivity index (χ3n) is 3.70. The molecule has 1 N–H and O–H groups in total. The van der Waals surface area contributed by atoms with E-state index in [4.69, 9.17) is 14.2 Å². The largest absolute Gasteiger partial charge is 0.493 e. The highest BCUT2D eigenvalue weighted by molar-refractivity contribution is 7.96. The Bertz CT molecular complexity index is 1040. The summed E-state index contributed by atoms with van der Waals surface area (Å²) in [6.07, 6.45) is 0.872. The molecule has 2 aromatic carbocycles. The number of hydrogen-bond acceptors (Lipinski definition) is 7. The van der Waals surface area contributed by atoms with Crippen LogP contribution in [0.5, 0.6) is 11.5 Å². The van der Waals surface area contributed by atoms with Crippen molar-refractivity contribution in [2.24, 2.45) is 0 Å². The third-order valence-corrected chi connectivity index (χ3v) is 5.48. The van der Waals surface area contributed by atoms with Crippen LogP contribution in [0.1, 0.15) is 6.92 Å². The number of anilines is 1. The van der Waals surface area contributed by atoms with Crippen LogP contribution >= 0.6 is 0 Å². The van der Waals surface area contributed by atoms with E-state index in [-0.39, 0.29) is 6.61 Å². The zero-order chi connectivity index (χ0) is 21.6. The minimum absolute atomic E-state index is 0.103. The van der Waals surface area contributed by atoms with Crippen LogP contribution in [0.2, 0.25) is 0 Å². The van der Waals surface area contributed by atoms with E-state index in [1.54, 1.807) is 12.1 Å². The van der Waals surface area contributed by atoms with Crippen molar-refractivity contribution < 1.29 is 36.2 Å². The maximum atomic E-state index is 14.1. The zero-order valence-electron chi connectivity index (χ0n) is 15.9. The number of carbonyl (C=O) groups is 1. The van der Waals surface area contributed by atoms with Gasteiger partial charge in [-0.15, -0.1) is 0 Å². The lowest BCUT2D eigenvalue weighted by Crippen LogP contribution is -2.19. The predicted octanol–water partition coefficient (Wildman–Crippen LogP) is 3.27. The number of halogens is 2. The van der Waals surface area contributed by atoms with E-state index in [9.17, 15) is 22.0 Å². The van der Waals surface area contributed by atoms with Crippen molar-refractivity contribution in [2.75, 3.05) is 26.1 Å². The summed E-state index contributed by atoms with van der Waals surface area (Å²) >= 11 is 0. The van der Waals surface area contributed by atoms with E-state index in [0.29, 0.717) is 23.3 Å². The quantitative estimate of drug-likeness (QED) is 0.393. The number of carbonyl (C=O) groups excluding carboxylic acids is 1. The summed E-state index contributed by atoms with van der Waals surface area (Å²) < 4.78 is 67.9. The predicted molar refractivity (Wildman–Crippen MR) is 101 cm³/mol. The van der Waals surface area contributed by atoms with Gasteiger partial charge in [-0.1, -0.05) is 0 Å². The summed E-state index contributed by atoms with van der Waals surface area (Å²) in [4.78, 5) is 10.5. The van der Waals surface area contributed by atoms with Gasteiger partial charge >= 0.3 is 5.97 Å². The van der Waals surface area contributed by atoms with Crippen molar-refractivity contribution in [3.8, 4) is 11.5 Å². The van der Waals surface area contributed by atoms with Crippen molar-refractivity contribution >= 4 is 21.5 Å². The molecule has 156 valence electrons. The highest BCUT2D eigenvalue weighted by Gasteiger charge is 2.31. The Morgan fingerprint density at radius 3 is 2.34 bits per heavy atom. The number of hydrogen-bond donors (Lipinski definition) is 1. The van der Waals surface area contributed by atoms with Gasteiger partial charge in [0.1, 0.15) is 16.5 Å². The number of benzene rings is 2. The van der Waals surface area contributed by atoms with E-state index in [1.165, 1.54) is 27.2 Å². The molecule has 7 nitrogen and oxygen atoms in total. The molecule has 0 saturated carbocycles. The Morgan fingerprint density at radius 2 is 1.76 bits per heavy atom. The molecule has 2 rings (SSSR count). The number of esters is 1. The second-order valence-corrected chi connectivity index (χ2v) is 7.41. The van der Waals surface area contributed by atoms with Crippen LogP contribution in [-0.2, 0) is 19.4 Å². The first kappa shape index (κ1) is 22.2. The van der Waals surface area contributed by atoms with Crippen molar-refractivity contribution in [2.45, 2.75) is 11.8 Å². The number of sulfone groups is 1. The topological polar surface area (TPSA) is 90.9 Å². The van der Waals surface area contributed by atoms with Crippen molar-refractivity contribution in [1.29, 1.82) is 0 Å². The van der Waals surface area contributed by atoms with E-state index >= 15 is 0 Å². The van der Waals surface area contributed by atoms with Gasteiger partial charge in [0, 0.05) is 24.0 Å². The first-order chi connectivity index (χ1) is 13.7. The molecule has 29 heavy (non-hydrogen) atoms. The Kier molecular flexibility index (Phi) is 7.16. The monoisotopic (exact) mass is 427 g/mol. The van der Waals surface area contributed by atoms with Crippen LogP contribution in [0.4, 0.5) is 14.5 Å². The van der Waals surface area contributed by atoms with Gasteiger partial charge < -0.3 is 19.5 Å². The van der Waals surface area contributed by atoms with Gasteiger partial charge in [-0.3, -0.25) is 0 Å². The summed E-state index contributed by atoms with van der Waals surface area (Å²) in [6, 6.07) is 6.55. The van der Waals surface area contributed by atoms with Crippen LogP contribution in [0.15, 0.2) is 52.4 Å². The molecule has 0 radical (unpaired) electrons. The zero-order valence-corrected chi connectivity index (χ0v) is 16.7. The maximum Gasteiger partial charge on any atom is 0.351 e. The van der Waals surface area contributed by atoms with Crippen molar-refractivity contribution in [3.05, 3.63) is 59.1 Å². The molecule has 0 amide bonds. The molecule has 0 aliphatic heterocycles. The van der Waals surface area contributed by atoms with Crippen LogP contribution in [0.3, 0.4) is 0 Å². The fourth-order valence-corrected chi connectivity index (χ4v) is 3.63. The molecule has 0 aromatic heterocycles. The van der Waals surface area contributed by atoms with E-state index < -0.39 is 37.2 Å². The van der Waals surface area contributed by atoms with Crippen LogP contribution in [-0.4, -0.2) is 35.2 Å². The Hall–Kier alpha value is -3.14. The van der Waals surface area contributed by atoms with Gasteiger partial charge in [-0.25, -0.2) is 22.0 Å². The number of methoxy groups -OCH3 is 2. The average molecular weight is 427 g/mol. The summed E-state index contributed by atoms with van der Waals surface area (Å²) in [7, 11) is -1.77. The molecule has 0 spiro atoms. The van der Waals surface area contributed by atoms with Gasteiger partial charge in [0.05, 0.1) is 20.8 Å². The molecule has 0 aliphatic carbocycles. The van der Waals surface area contributed by atoms with Crippen LogP contribution in [0, 0.1) is 11.6 Å². The van der Waals surface area contributed by atoms with E-state index in [2.05, 4.69) is 5.32 Å². The molecule has 0 unspecified atom stereocenters. The number of ether oxygens (including phenoxy) is 3. The molecular weight excluding hydrogens is 408 g/mol. The highest BCUT2D eigenvalue weighted by Crippen LogP contribution is 2.30. The Balaban J connectivity index is 2.49. The lowest BCUT2D eigenvalue weighted by molar-refractivity contribution is -0.137. The lowest BCUT2D eigenvalue weighted by atomic mass is 10.3. The van der Waals surface area contributed by atoms with Gasteiger partial charge in [-0.2, -0.15) is 0 Å². The number of rotatable bonds is 8. The van der Waals surface area contributed by atoms with Gasteiger partial charge in [-0.05, 0) is 31.2 Å². The minimum Gasteiger partial charge on any atom is -0.493 e. The van der Waals surface area contributed by atoms with Gasteiger partial charge in [0.15, 0.2) is 16.4 Å². The molecular formula is C19H19F2NO6S. The fourth-order valence-electron chi connectivity index (χ4n) is 2.33. The summed E-state index contributed by atoms with van der Waals surface area (Å²) in [5, 5.41) is 2.64. The Labute approximate surface area is 166 Å². The molecule has 2 aromatic rings. The summed E-state index contributed by atoms with van der Waals surface area (Å²) in [6.45, 7) is 1.39. The van der Waals surface area contributed by atoms with Crippen molar-refractivity contribution in [1.82, 2.24) is 0 Å². The molecule has 0 aliphatic rings. The SMILES string of the molecule is CCOC(=O)/C(=C/Nc1ccc(OC)c(OC)c1)S(=O)(=O)c1ccc(F)cc1F. The standard InChI is InChI=1S/C19H19F2NO6S/c1-4-28-19(23)18(29(24,25)17-8-5-12(20)9-14(17)21)11-22-13-6-7-15(26-2)16(10-13)27-3/h5-11,22H,4H2,1-3H3/b18-11-. The third kappa shape index (κ3) is 5.02. The normalized spacial score (nSPS) is 11.7. The summed E-state index contributed by atoms with van der Waals surface area (Å²) in [5.74, 6) is -2.67. The molecule has 0 heterocycles. The number of nitrogens with one attached hydrogen (secondary N) is 1. The smallest absolute Gasteiger partial charge is 0.351 e. The first-order valence-electron chi connectivity index (χ1n) is 8.30. The van der Waals surface area contributed by atoms with Crippen LogP contribution < -0.4 is 14.8 Å². The molecule has 0 saturated heterocycles. The Morgan fingerprint density at radius 1 is 1.07 bits per heavy atom.